The summed E-state index contributed by atoms with van der Waals surface area (Å²) < 4.78 is 0. The van der Waals surface area contributed by atoms with Gasteiger partial charge in [0, 0.05) is 6.42 Å². The van der Waals surface area contributed by atoms with Gasteiger partial charge in [-0.2, -0.15) is 0 Å². The molecule has 0 saturated carbocycles. The Bertz CT molecular complexity index is 424. The van der Waals surface area contributed by atoms with Crippen molar-refractivity contribution < 1.29 is 19.2 Å². The second kappa shape index (κ2) is 13.2. The average molecular weight is 292 g/mol. The molecule has 4 heteroatoms. The summed E-state index contributed by atoms with van der Waals surface area (Å²) in [5.41, 5.74) is 0.268. The number of allylic oxidation sites excluding steroid dienone is 2. The molecule has 0 radical (unpaired) electrons. The van der Waals surface area contributed by atoms with Crippen LogP contribution in [0.1, 0.15) is 71.1 Å². The van der Waals surface area contributed by atoms with E-state index >= 15 is 0 Å². The van der Waals surface area contributed by atoms with Gasteiger partial charge in [0.15, 0.2) is 11.6 Å². The van der Waals surface area contributed by atoms with E-state index in [4.69, 9.17) is 0 Å². The molecule has 0 unspecified atom stereocenters. The summed E-state index contributed by atoms with van der Waals surface area (Å²) in [4.78, 5) is 42.4. The number of Topliss-reactive ketones (excluding diaryl/α,β-unsaturated/α-hetero) is 1. The maximum absolute atomic E-state index is 11.0. The molecule has 0 amide bonds. The van der Waals surface area contributed by atoms with E-state index in [2.05, 4.69) is 0 Å². The van der Waals surface area contributed by atoms with Crippen molar-refractivity contribution in [1.82, 2.24) is 0 Å². The standard InChI is InChI=1S/C17H24O4/c1-15(20)16(14-19)10-8-6-4-2-3-5-7-9-11-17(21)12-13-18/h12H,2-11H2,1H3. The third-order valence-electron chi connectivity index (χ3n) is 3.37. The Labute approximate surface area is 126 Å². The number of carbonyl (C=O) groups is 2. The van der Waals surface area contributed by atoms with Crippen LogP contribution < -0.4 is 0 Å². The minimum Gasteiger partial charge on any atom is -0.294 e. The molecule has 0 aliphatic carbocycles. The quantitative estimate of drug-likeness (QED) is 0.297. The van der Waals surface area contributed by atoms with Gasteiger partial charge < -0.3 is 0 Å². The van der Waals surface area contributed by atoms with Crippen LogP contribution in [-0.4, -0.2) is 23.4 Å². The summed E-state index contributed by atoms with van der Waals surface area (Å²) >= 11 is 0. The second-order valence-corrected chi connectivity index (χ2v) is 5.19. The molecule has 0 aromatic heterocycles. The number of ketones is 2. The molecule has 0 atom stereocenters. The zero-order chi connectivity index (χ0) is 15.9. The number of rotatable bonds is 13. The summed E-state index contributed by atoms with van der Waals surface area (Å²) in [7, 11) is 0. The smallest absolute Gasteiger partial charge is 0.166 e. The van der Waals surface area contributed by atoms with E-state index in [9.17, 15) is 19.2 Å². The topological polar surface area (TPSA) is 68.3 Å². The first-order chi connectivity index (χ1) is 10.1. The summed E-state index contributed by atoms with van der Waals surface area (Å²) in [6, 6.07) is 0. The van der Waals surface area contributed by atoms with E-state index in [1.807, 2.05) is 0 Å². The molecule has 0 fully saturated rings. The first-order valence-corrected chi connectivity index (χ1v) is 7.60. The molecule has 0 saturated heterocycles. The van der Waals surface area contributed by atoms with Crippen LogP contribution in [0, 0.1) is 0 Å². The largest absolute Gasteiger partial charge is 0.294 e. The van der Waals surface area contributed by atoms with Gasteiger partial charge in [0.25, 0.3) is 0 Å². The van der Waals surface area contributed by atoms with E-state index in [-0.39, 0.29) is 17.1 Å². The molecule has 0 aromatic carbocycles. The Balaban J connectivity index is 3.37. The van der Waals surface area contributed by atoms with Crippen molar-refractivity contribution in [2.24, 2.45) is 0 Å². The van der Waals surface area contributed by atoms with E-state index in [1.54, 1.807) is 5.94 Å². The van der Waals surface area contributed by atoms with Crippen LogP contribution >= 0.6 is 0 Å². The van der Waals surface area contributed by atoms with Gasteiger partial charge in [-0.1, -0.05) is 38.5 Å². The van der Waals surface area contributed by atoms with E-state index in [1.165, 1.54) is 12.9 Å². The zero-order valence-electron chi connectivity index (χ0n) is 12.8. The second-order valence-electron chi connectivity index (χ2n) is 5.19. The van der Waals surface area contributed by atoms with Crippen molar-refractivity contribution >= 4 is 23.4 Å². The van der Waals surface area contributed by atoms with Gasteiger partial charge in [-0.05, 0) is 26.2 Å². The Hall–Kier alpha value is -1.76. The minimum absolute atomic E-state index is 0.144. The Kier molecular flexibility index (Phi) is 12.1. The van der Waals surface area contributed by atoms with Gasteiger partial charge in [-0.15, -0.1) is 0 Å². The highest BCUT2D eigenvalue weighted by Gasteiger charge is 2.04. The molecule has 0 heterocycles. The van der Waals surface area contributed by atoms with Crippen molar-refractivity contribution in [2.75, 3.05) is 0 Å². The molecule has 0 aromatic rings. The van der Waals surface area contributed by atoms with Gasteiger partial charge in [0.05, 0.1) is 11.6 Å². The lowest BCUT2D eigenvalue weighted by Crippen LogP contribution is -1.97. The maximum atomic E-state index is 11.0. The van der Waals surface area contributed by atoms with Crippen molar-refractivity contribution in [3.8, 4) is 0 Å². The lowest BCUT2D eigenvalue weighted by atomic mass is 10.0. The fourth-order valence-corrected chi connectivity index (χ4v) is 2.10. The molecule has 21 heavy (non-hydrogen) atoms. The fraction of sp³-hybridized carbons (Fsp3) is 0.647. The van der Waals surface area contributed by atoms with Crippen molar-refractivity contribution in [1.29, 1.82) is 0 Å². The highest BCUT2D eigenvalue weighted by Crippen LogP contribution is 2.12. The van der Waals surface area contributed by atoms with Crippen molar-refractivity contribution in [3.63, 3.8) is 0 Å². The molecular formula is C17H24O4. The van der Waals surface area contributed by atoms with Gasteiger partial charge in [0.1, 0.15) is 11.9 Å². The predicted molar refractivity (Wildman–Crippen MR) is 81.3 cm³/mol. The summed E-state index contributed by atoms with van der Waals surface area (Å²) in [5, 5.41) is 0. The van der Waals surface area contributed by atoms with Crippen LogP contribution in [0.15, 0.2) is 11.6 Å². The monoisotopic (exact) mass is 292 g/mol. The summed E-state index contributed by atoms with van der Waals surface area (Å²) in [5.74, 6) is 2.88. The molecule has 0 aliphatic heterocycles. The first kappa shape index (κ1) is 19.2. The Morgan fingerprint density at radius 3 is 1.71 bits per heavy atom. The van der Waals surface area contributed by atoms with Gasteiger partial charge >= 0.3 is 0 Å². The van der Waals surface area contributed by atoms with Gasteiger partial charge in [-0.25, -0.2) is 9.59 Å². The molecule has 0 bridgehead atoms. The molecule has 4 nitrogen and oxygen atoms in total. The minimum atomic E-state index is -0.177. The molecule has 116 valence electrons. The van der Waals surface area contributed by atoms with Gasteiger partial charge in [0.2, 0.25) is 0 Å². The van der Waals surface area contributed by atoms with Crippen LogP contribution in [-0.2, 0) is 19.2 Å². The van der Waals surface area contributed by atoms with Crippen molar-refractivity contribution in [2.45, 2.75) is 71.1 Å². The number of hydrogen-bond donors (Lipinski definition) is 0. The first-order valence-electron chi connectivity index (χ1n) is 7.60. The van der Waals surface area contributed by atoms with Crippen LogP contribution in [0.2, 0.25) is 0 Å². The van der Waals surface area contributed by atoms with Crippen molar-refractivity contribution in [3.05, 3.63) is 11.6 Å². The van der Waals surface area contributed by atoms with Crippen LogP contribution in [0.25, 0.3) is 0 Å². The average Bonchev–Trinajstić information content (AvgIpc) is 2.44. The lowest BCUT2D eigenvalue weighted by molar-refractivity contribution is -0.115. The predicted octanol–water partition coefficient (Wildman–Crippen LogP) is 3.19. The zero-order valence-corrected chi connectivity index (χ0v) is 12.8. The third kappa shape index (κ3) is 11.7. The van der Waals surface area contributed by atoms with Crippen LogP contribution in [0.3, 0.4) is 0 Å². The Morgan fingerprint density at radius 2 is 1.29 bits per heavy atom. The van der Waals surface area contributed by atoms with Crippen LogP contribution in [0.4, 0.5) is 0 Å². The van der Waals surface area contributed by atoms with E-state index < -0.39 is 0 Å². The SMILES string of the molecule is CC(=O)C(=C=O)CCCCCCCCCCC(=O)C=C=O. The Morgan fingerprint density at radius 1 is 0.810 bits per heavy atom. The molecule has 0 rings (SSSR count). The summed E-state index contributed by atoms with van der Waals surface area (Å²) in [6.45, 7) is 1.40. The fourth-order valence-electron chi connectivity index (χ4n) is 2.10. The lowest BCUT2D eigenvalue weighted by Gasteiger charge is -2.02. The molecule has 0 aliphatic rings. The molecular weight excluding hydrogens is 268 g/mol. The highest BCUT2D eigenvalue weighted by atomic mass is 16.1. The number of carbonyl (C=O) groups excluding carboxylic acids is 4. The van der Waals surface area contributed by atoms with E-state index in [0.717, 1.165) is 57.4 Å². The van der Waals surface area contributed by atoms with E-state index in [0.29, 0.717) is 12.8 Å². The maximum Gasteiger partial charge on any atom is 0.166 e. The molecule has 0 spiro atoms. The van der Waals surface area contributed by atoms with Gasteiger partial charge in [-0.3, -0.25) is 9.59 Å². The number of hydrogen-bond acceptors (Lipinski definition) is 4. The normalized spacial score (nSPS) is 9.57. The summed E-state index contributed by atoms with van der Waals surface area (Å²) in [6.07, 6.45) is 10.1. The molecule has 0 N–H and O–H groups in total. The highest BCUT2D eigenvalue weighted by molar-refractivity contribution is 6.00. The number of unbranched alkanes of at least 4 members (excludes halogenated alkanes) is 7. The van der Waals surface area contributed by atoms with Crippen LogP contribution in [0.5, 0.6) is 0 Å². The third-order valence-corrected chi connectivity index (χ3v) is 3.37.